The zero-order valence-corrected chi connectivity index (χ0v) is 17.1. The lowest BCUT2D eigenvalue weighted by molar-refractivity contribution is -0.125. The molecule has 0 aliphatic carbocycles. The molecule has 3 N–H and O–H groups in total. The number of anilines is 1. The van der Waals surface area contributed by atoms with Crippen molar-refractivity contribution in [2.45, 2.75) is 45.4 Å². The highest BCUT2D eigenvalue weighted by molar-refractivity contribution is 5.91. The second kappa shape index (κ2) is 8.95. The van der Waals surface area contributed by atoms with E-state index in [9.17, 15) is 9.59 Å². The van der Waals surface area contributed by atoms with Gasteiger partial charge in [-0.2, -0.15) is 5.10 Å². The maximum atomic E-state index is 12.6. The molecule has 1 saturated heterocycles. The maximum absolute atomic E-state index is 12.6. The fourth-order valence-corrected chi connectivity index (χ4v) is 3.32. The predicted octanol–water partition coefficient (Wildman–Crippen LogP) is 1.73. The highest BCUT2D eigenvalue weighted by atomic mass is 16.5. The summed E-state index contributed by atoms with van der Waals surface area (Å²) in [5.74, 6) is 1.44. The average molecular weight is 401 g/mol. The second-order valence-electron chi connectivity index (χ2n) is 6.98. The molecule has 1 aliphatic rings. The first kappa shape index (κ1) is 20.7. The number of carbonyl (C=O) groups is 2. The van der Waals surface area contributed by atoms with Gasteiger partial charge in [-0.1, -0.05) is 13.0 Å². The second-order valence-corrected chi connectivity index (χ2v) is 6.98. The molecule has 2 amide bonds. The molecule has 0 radical (unpaired) electrons. The molecule has 2 atom stereocenters. The number of amides is 2. The normalized spacial score (nSPS) is 18.8. The molecule has 1 aliphatic heterocycles. The minimum Gasteiger partial charge on any atom is -0.493 e. The van der Waals surface area contributed by atoms with Crippen molar-refractivity contribution in [3.8, 4) is 11.5 Å². The zero-order valence-electron chi connectivity index (χ0n) is 17.1. The lowest BCUT2D eigenvalue weighted by atomic mass is 10.1. The van der Waals surface area contributed by atoms with E-state index in [1.807, 2.05) is 19.9 Å². The topological polar surface area (TPSA) is 107 Å². The Morgan fingerprint density at radius 3 is 2.72 bits per heavy atom. The van der Waals surface area contributed by atoms with Gasteiger partial charge in [0.2, 0.25) is 11.8 Å². The van der Waals surface area contributed by atoms with Crippen molar-refractivity contribution >= 4 is 17.6 Å². The number of nitrogens with one attached hydrogen (secondary N) is 3. The van der Waals surface area contributed by atoms with Crippen LogP contribution in [0, 0.1) is 6.92 Å². The molecule has 2 heterocycles. The molecule has 1 fully saturated rings. The molecule has 29 heavy (non-hydrogen) atoms. The summed E-state index contributed by atoms with van der Waals surface area (Å²) in [7, 11) is 3.12. The summed E-state index contributed by atoms with van der Waals surface area (Å²) in [6.45, 7) is 3.86. The van der Waals surface area contributed by atoms with Crippen LogP contribution in [0.15, 0.2) is 24.3 Å². The van der Waals surface area contributed by atoms with Gasteiger partial charge in [-0.05, 0) is 31.0 Å². The summed E-state index contributed by atoms with van der Waals surface area (Å²) in [5.41, 5.74) is 1.53. The monoisotopic (exact) mass is 401 g/mol. The number of carbonyl (C=O) groups excluding carboxylic acids is 2. The van der Waals surface area contributed by atoms with Crippen LogP contribution in [0.5, 0.6) is 11.5 Å². The van der Waals surface area contributed by atoms with Crippen LogP contribution < -0.4 is 25.4 Å². The minimum atomic E-state index is -0.508. The van der Waals surface area contributed by atoms with Crippen LogP contribution >= 0.6 is 0 Å². The number of aromatic nitrogens is 2. The lowest BCUT2D eigenvalue weighted by Gasteiger charge is -2.31. The van der Waals surface area contributed by atoms with Crippen molar-refractivity contribution in [1.82, 2.24) is 20.4 Å². The van der Waals surface area contributed by atoms with Crippen LogP contribution in [0.4, 0.5) is 5.82 Å². The fourth-order valence-electron chi connectivity index (χ4n) is 3.32. The number of hydrogen-bond donors (Lipinski definition) is 3. The molecule has 9 heteroatoms. The molecule has 1 aromatic carbocycles. The lowest BCUT2D eigenvalue weighted by Crippen LogP contribution is -2.53. The van der Waals surface area contributed by atoms with Gasteiger partial charge in [0, 0.05) is 18.5 Å². The van der Waals surface area contributed by atoms with Crippen molar-refractivity contribution < 1.29 is 19.1 Å². The quantitative estimate of drug-likeness (QED) is 0.652. The molecule has 2 aromatic rings. The van der Waals surface area contributed by atoms with Crippen molar-refractivity contribution in [2.24, 2.45) is 0 Å². The van der Waals surface area contributed by atoms with Gasteiger partial charge in [0.05, 0.1) is 26.3 Å². The Morgan fingerprint density at radius 1 is 1.28 bits per heavy atom. The smallest absolute Gasteiger partial charge is 0.229 e. The standard InChI is InChI=1S/C20H27N5O4/c1-5-14-11-19(27)23-20(21-14)25-17(8-12(2)24-25)22-18(26)10-13-6-7-15(28-3)16(9-13)29-4/h6-9,14,20-21H,5,10-11H2,1-4H3,(H,22,26)(H,23,27). The van der Waals surface area contributed by atoms with Gasteiger partial charge in [-0.3, -0.25) is 14.9 Å². The molecular formula is C20H27N5O4. The summed E-state index contributed by atoms with van der Waals surface area (Å²) in [6.07, 6.45) is 0.901. The Bertz CT molecular complexity index is 895. The van der Waals surface area contributed by atoms with Crippen molar-refractivity contribution in [3.05, 3.63) is 35.5 Å². The van der Waals surface area contributed by atoms with E-state index in [-0.39, 0.29) is 24.3 Å². The summed E-state index contributed by atoms with van der Waals surface area (Å²) >= 11 is 0. The van der Waals surface area contributed by atoms with E-state index in [1.54, 1.807) is 37.1 Å². The van der Waals surface area contributed by atoms with E-state index < -0.39 is 6.29 Å². The van der Waals surface area contributed by atoms with E-state index in [4.69, 9.17) is 9.47 Å². The third kappa shape index (κ3) is 4.86. The van der Waals surface area contributed by atoms with Crippen LogP contribution in [-0.4, -0.2) is 41.9 Å². The summed E-state index contributed by atoms with van der Waals surface area (Å²) < 4.78 is 12.1. The van der Waals surface area contributed by atoms with Crippen molar-refractivity contribution in [3.63, 3.8) is 0 Å². The van der Waals surface area contributed by atoms with E-state index in [2.05, 4.69) is 21.0 Å². The van der Waals surface area contributed by atoms with Crippen LogP contribution in [0.2, 0.25) is 0 Å². The minimum absolute atomic E-state index is 0.0450. The molecule has 9 nitrogen and oxygen atoms in total. The Balaban J connectivity index is 1.74. The highest BCUT2D eigenvalue weighted by Gasteiger charge is 2.28. The summed E-state index contributed by atoms with van der Waals surface area (Å²) in [6, 6.07) is 7.19. The van der Waals surface area contributed by atoms with Gasteiger partial charge >= 0.3 is 0 Å². The first-order valence-electron chi connectivity index (χ1n) is 9.55. The molecule has 0 saturated carbocycles. The van der Waals surface area contributed by atoms with E-state index >= 15 is 0 Å². The Labute approximate surface area is 169 Å². The van der Waals surface area contributed by atoms with E-state index in [1.165, 1.54) is 0 Å². The maximum Gasteiger partial charge on any atom is 0.229 e. The summed E-state index contributed by atoms with van der Waals surface area (Å²) in [5, 5.41) is 13.5. The Hall–Kier alpha value is -3.07. The van der Waals surface area contributed by atoms with Gasteiger partial charge in [0.25, 0.3) is 0 Å². The molecule has 0 spiro atoms. The number of rotatable bonds is 7. The first-order valence-corrected chi connectivity index (χ1v) is 9.55. The zero-order chi connectivity index (χ0) is 21.0. The number of benzene rings is 1. The number of aryl methyl sites for hydroxylation is 1. The third-order valence-electron chi connectivity index (χ3n) is 4.80. The van der Waals surface area contributed by atoms with E-state index in [0.717, 1.165) is 17.7 Å². The predicted molar refractivity (Wildman–Crippen MR) is 108 cm³/mol. The van der Waals surface area contributed by atoms with Crippen LogP contribution in [-0.2, 0) is 16.0 Å². The molecule has 2 unspecified atom stereocenters. The number of methoxy groups -OCH3 is 2. The van der Waals surface area contributed by atoms with Gasteiger partial charge in [-0.25, -0.2) is 4.68 Å². The number of hydrogen-bond acceptors (Lipinski definition) is 6. The SMILES string of the molecule is CCC1CC(=O)NC(n2nc(C)cc2NC(=O)Cc2ccc(OC)c(OC)c2)N1. The summed E-state index contributed by atoms with van der Waals surface area (Å²) in [4.78, 5) is 24.6. The molecular weight excluding hydrogens is 374 g/mol. The van der Waals surface area contributed by atoms with Crippen LogP contribution in [0.3, 0.4) is 0 Å². The van der Waals surface area contributed by atoms with Gasteiger partial charge in [0.1, 0.15) is 5.82 Å². The van der Waals surface area contributed by atoms with Gasteiger partial charge in [-0.15, -0.1) is 0 Å². The van der Waals surface area contributed by atoms with Crippen molar-refractivity contribution in [1.29, 1.82) is 0 Å². The fraction of sp³-hybridized carbons (Fsp3) is 0.450. The highest BCUT2D eigenvalue weighted by Crippen LogP contribution is 2.28. The van der Waals surface area contributed by atoms with Crippen LogP contribution in [0.25, 0.3) is 0 Å². The Kier molecular flexibility index (Phi) is 6.38. The Morgan fingerprint density at radius 2 is 2.03 bits per heavy atom. The molecule has 0 bridgehead atoms. The van der Waals surface area contributed by atoms with E-state index in [0.29, 0.717) is 23.7 Å². The average Bonchev–Trinajstić information content (AvgIpc) is 3.07. The largest absolute Gasteiger partial charge is 0.493 e. The molecule has 1 aromatic heterocycles. The molecule has 3 rings (SSSR count). The van der Waals surface area contributed by atoms with Crippen LogP contribution in [0.1, 0.15) is 37.3 Å². The molecule has 156 valence electrons. The third-order valence-corrected chi connectivity index (χ3v) is 4.80. The number of nitrogens with zero attached hydrogens (tertiary/aromatic N) is 2. The first-order chi connectivity index (χ1) is 13.9. The number of ether oxygens (including phenoxy) is 2. The van der Waals surface area contributed by atoms with Gasteiger partial charge < -0.3 is 20.1 Å². The van der Waals surface area contributed by atoms with Crippen molar-refractivity contribution in [2.75, 3.05) is 19.5 Å². The van der Waals surface area contributed by atoms with Gasteiger partial charge in [0.15, 0.2) is 17.8 Å².